The maximum atomic E-state index is 6.23. The summed E-state index contributed by atoms with van der Waals surface area (Å²) in [6, 6.07) is 73.6. The molecule has 3 heterocycles. The monoisotopic (exact) mass is 793 g/mol. The van der Waals surface area contributed by atoms with E-state index in [1.54, 1.807) is 0 Å². The van der Waals surface area contributed by atoms with Gasteiger partial charge in [0, 0.05) is 38.2 Å². The first-order valence-corrected chi connectivity index (χ1v) is 20.7. The first kappa shape index (κ1) is 35.5. The highest BCUT2D eigenvalue weighted by atomic mass is 16.3. The number of furan rings is 2. The molecule has 0 spiro atoms. The van der Waals surface area contributed by atoms with Crippen molar-refractivity contribution in [2.24, 2.45) is 0 Å². The SMILES string of the molecule is c1ccc(-c2cccc(-c3ccc(-c4nc(-c5ccccc5)nc(-c5cc(-c6ccc7oc8ccccc8c7c6)cc(-c6ccc7oc8ccccc8c7c6)c5)n4)cc3)c2)cc1. The summed E-state index contributed by atoms with van der Waals surface area (Å²) in [6.07, 6.45) is 0. The largest absolute Gasteiger partial charge is 0.456 e. The van der Waals surface area contributed by atoms with Gasteiger partial charge in [0.1, 0.15) is 22.3 Å². The van der Waals surface area contributed by atoms with E-state index in [1.165, 1.54) is 11.1 Å². The predicted molar refractivity (Wildman–Crippen MR) is 252 cm³/mol. The Morgan fingerprint density at radius 3 is 1.10 bits per heavy atom. The van der Waals surface area contributed by atoms with Crippen molar-refractivity contribution in [2.75, 3.05) is 0 Å². The zero-order valence-corrected chi connectivity index (χ0v) is 33.4. The van der Waals surface area contributed by atoms with E-state index in [9.17, 15) is 0 Å². The average Bonchev–Trinajstić information content (AvgIpc) is 3.92. The van der Waals surface area contributed by atoms with Gasteiger partial charge in [-0.1, -0.05) is 152 Å². The van der Waals surface area contributed by atoms with Gasteiger partial charge in [-0.2, -0.15) is 0 Å². The number of aromatic nitrogens is 3. The van der Waals surface area contributed by atoms with Gasteiger partial charge < -0.3 is 8.83 Å². The van der Waals surface area contributed by atoms with Crippen LogP contribution in [-0.2, 0) is 0 Å². The molecule has 0 radical (unpaired) electrons. The zero-order valence-electron chi connectivity index (χ0n) is 33.4. The van der Waals surface area contributed by atoms with Gasteiger partial charge in [-0.15, -0.1) is 0 Å². The highest BCUT2D eigenvalue weighted by Crippen LogP contribution is 2.39. The average molecular weight is 794 g/mol. The highest BCUT2D eigenvalue weighted by Gasteiger charge is 2.17. The fraction of sp³-hybridized carbons (Fsp3) is 0. The van der Waals surface area contributed by atoms with E-state index in [-0.39, 0.29) is 0 Å². The lowest BCUT2D eigenvalue weighted by atomic mass is 9.94. The summed E-state index contributed by atoms with van der Waals surface area (Å²) in [6.45, 7) is 0. The minimum Gasteiger partial charge on any atom is -0.456 e. The van der Waals surface area contributed by atoms with E-state index in [4.69, 9.17) is 23.8 Å². The quantitative estimate of drug-likeness (QED) is 0.161. The van der Waals surface area contributed by atoms with E-state index in [1.807, 2.05) is 60.7 Å². The molecule has 0 atom stereocenters. The van der Waals surface area contributed by atoms with Crippen molar-refractivity contribution in [3.63, 3.8) is 0 Å². The number of hydrogen-bond donors (Lipinski definition) is 0. The van der Waals surface area contributed by atoms with Crippen molar-refractivity contribution in [3.05, 3.63) is 212 Å². The van der Waals surface area contributed by atoms with Crippen LogP contribution in [-0.4, -0.2) is 15.0 Å². The topological polar surface area (TPSA) is 65.0 Å². The summed E-state index contributed by atoms with van der Waals surface area (Å²) >= 11 is 0. The molecule has 5 heteroatoms. The lowest BCUT2D eigenvalue weighted by molar-refractivity contribution is 0.668. The normalized spacial score (nSPS) is 11.5. The second kappa shape index (κ2) is 14.7. The molecular formula is C57H35N3O2. The summed E-state index contributed by atoms with van der Waals surface area (Å²) in [5.74, 6) is 1.79. The second-order valence-corrected chi connectivity index (χ2v) is 15.6. The number of para-hydroxylation sites is 2. The molecule has 0 aliphatic rings. The van der Waals surface area contributed by atoms with Crippen LogP contribution in [0.1, 0.15) is 0 Å². The van der Waals surface area contributed by atoms with Crippen LogP contribution in [0.4, 0.5) is 0 Å². The van der Waals surface area contributed by atoms with E-state index in [2.05, 4.69) is 152 Å². The van der Waals surface area contributed by atoms with Crippen LogP contribution in [0.15, 0.2) is 221 Å². The van der Waals surface area contributed by atoms with Crippen LogP contribution in [0.5, 0.6) is 0 Å². The lowest BCUT2D eigenvalue weighted by Crippen LogP contribution is -2.00. The van der Waals surface area contributed by atoms with Gasteiger partial charge in [0.05, 0.1) is 0 Å². The maximum Gasteiger partial charge on any atom is 0.164 e. The Labute approximate surface area is 357 Å². The van der Waals surface area contributed by atoms with Crippen molar-refractivity contribution >= 4 is 43.9 Å². The van der Waals surface area contributed by atoms with Crippen molar-refractivity contribution in [1.82, 2.24) is 15.0 Å². The highest BCUT2D eigenvalue weighted by molar-refractivity contribution is 6.07. The molecule has 0 amide bonds. The maximum absolute atomic E-state index is 6.23. The fourth-order valence-corrected chi connectivity index (χ4v) is 8.57. The molecule has 5 nitrogen and oxygen atoms in total. The summed E-state index contributed by atoms with van der Waals surface area (Å²) in [7, 11) is 0. The number of fused-ring (bicyclic) bond motifs is 6. The third-order valence-corrected chi connectivity index (χ3v) is 11.7. The Bertz CT molecular complexity index is 3490. The molecule has 0 fully saturated rings. The molecule has 290 valence electrons. The summed E-state index contributed by atoms with van der Waals surface area (Å²) < 4.78 is 12.5. The van der Waals surface area contributed by atoms with Gasteiger partial charge in [0.25, 0.3) is 0 Å². The molecule has 0 saturated carbocycles. The number of benzene rings is 9. The molecular weight excluding hydrogens is 759 g/mol. The summed E-state index contributed by atoms with van der Waals surface area (Å²) in [5, 5.41) is 4.31. The molecule has 62 heavy (non-hydrogen) atoms. The fourth-order valence-electron chi connectivity index (χ4n) is 8.57. The van der Waals surface area contributed by atoms with Gasteiger partial charge in [-0.25, -0.2) is 15.0 Å². The summed E-state index contributed by atoms with van der Waals surface area (Å²) in [4.78, 5) is 15.5. The standard InChI is InChI=1S/C57H35N3O2/c1-3-12-36(13-4-1)40-16-11-17-41(30-40)37-22-24-39(25-23-37)56-58-55(38-14-5-2-6-15-38)59-57(60-56)46-32-44(42-26-28-53-49(34-42)47-18-7-9-20-51(47)61-53)31-45(33-46)43-27-29-54-50(35-43)48-19-8-10-21-52(48)62-54/h1-35H. The van der Waals surface area contributed by atoms with Crippen LogP contribution in [0.25, 0.3) is 123 Å². The molecule has 12 aromatic rings. The molecule has 0 unspecified atom stereocenters. The lowest BCUT2D eigenvalue weighted by Gasteiger charge is -2.13. The minimum atomic E-state index is 0.585. The Balaban J connectivity index is 1.02. The smallest absolute Gasteiger partial charge is 0.164 e. The molecule has 0 N–H and O–H groups in total. The Morgan fingerprint density at radius 2 is 0.548 bits per heavy atom. The van der Waals surface area contributed by atoms with Gasteiger partial charge in [0.2, 0.25) is 0 Å². The van der Waals surface area contributed by atoms with Gasteiger partial charge in [-0.3, -0.25) is 0 Å². The van der Waals surface area contributed by atoms with E-state index in [0.29, 0.717) is 17.5 Å². The van der Waals surface area contributed by atoms with E-state index < -0.39 is 0 Å². The van der Waals surface area contributed by atoms with Crippen molar-refractivity contribution in [1.29, 1.82) is 0 Å². The van der Waals surface area contributed by atoms with Crippen LogP contribution in [0.2, 0.25) is 0 Å². The Kier molecular flexibility index (Phi) is 8.42. The summed E-state index contributed by atoms with van der Waals surface area (Å²) in [5.41, 5.74) is 15.0. The van der Waals surface area contributed by atoms with E-state index in [0.717, 1.165) is 93.9 Å². The first-order chi connectivity index (χ1) is 30.7. The van der Waals surface area contributed by atoms with Crippen molar-refractivity contribution in [2.45, 2.75) is 0 Å². The zero-order chi connectivity index (χ0) is 41.0. The Hall–Kier alpha value is -8.41. The van der Waals surface area contributed by atoms with Crippen LogP contribution < -0.4 is 0 Å². The molecule has 0 aliphatic carbocycles. The third kappa shape index (κ3) is 6.40. The molecule has 9 aromatic carbocycles. The van der Waals surface area contributed by atoms with Gasteiger partial charge >= 0.3 is 0 Å². The van der Waals surface area contributed by atoms with E-state index >= 15 is 0 Å². The van der Waals surface area contributed by atoms with Gasteiger partial charge in [0.15, 0.2) is 17.5 Å². The first-order valence-electron chi connectivity index (χ1n) is 20.7. The van der Waals surface area contributed by atoms with Gasteiger partial charge in [-0.05, 0) is 105 Å². The molecule has 12 rings (SSSR count). The van der Waals surface area contributed by atoms with Crippen LogP contribution in [0.3, 0.4) is 0 Å². The minimum absolute atomic E-state index is 0.585. The second-order valence-electron chi connectivity index (χ2n) is 15.6. The number of rotatable bonds is 7. The van der Waals surface area contributed by atoms with Crippen LogP contribution in [0, 0.1) is 0 Å². The molecule has 0 bridgehead atoms. The molecule has 3 aromatic heterocycles. The van der Waals surface area contributed by atoms with Crippen molar-refractivity contribution in [3.8, 4) is 78.7 Å². The van der Waals surface area contributed by atoms with Crippen LogP contribution >= 0.6 is 0 Å². The molecule has 0 saturated heterocycles. The number of nitrogens with zero attached hydrogens (tertiary/aromatic N) is 3. The third-order valence-electron chi connectivity index (χ3n) is 11.7. The Morgan fingerprint density at radius 1 is 0.210 bits per heavy atom. The van der Waals surface area contributed by atoms with Crippen molar-refractivity contribution < 1.29 is 8.83 Å². The molecule has 0 aliphatic heterocycles. The predicted octanol–water partition coefficient (Wildman–Crippen LogP) is 15.3. The number of hydrogen-bond acceptors (Lipinski definition) is 5.